The monoisotopic (exact) mass is 365 g/mol. The van der Waals surface area contributed by atoms with Crippen LogP contribution in [0.5, 0.6) is 0 Å². The van der Waals surface area contributed by atoms with Crippen LogP contribution in [0, 0.1) is 5.82 Å². The van der Waals surface area contributed by atoms with Crippen LogP contribution in [0.3, 0.4) is 0 Å². The molecule has 0 saturated carbocycles. The van der Waals surface area contributed by atoms with Gasteiger partial charge < -0.3 is 21.1 Å². The van der Waals surface area contributed by atoms with Crippen molar-refractivity contribution in [2.24, 2.45) is 0 Å². The molecule has 8 heteroatoms. The Hall–Kier alpha value is -2.64. The standard InChI is InChI=1S/C17H17ClFN3O3/c18-11-5-6-14(16(24)20-7-2-8-23)15(9-11)22-17(25)21-13-4-1-3-12(19)10-13/h1,3-6,9-10,23H,2,7-8H2,(H,20,24)(H2,21,22,25). The first-order valence-electron chi connectivity index (χ1n) is 7.52. The summed E-state index contributed by atoms with van der Waals surface area (Å²) in [5, 5.41) is 16.7. The molecular weight excluding hydrogens is 349 g/mol. The van der Waals surface area contributed by atoms with Crippen molar-refractivity contribution in [2.45, 2.75) is 6.42 Å². The molecule has 2 aromatic rings. The van der Waals surface area contributed by atoms with E-state index in [1.807, 2.05) is 0 Å². The van der Waals surface area contributed by atoms with Crippen LogP contribution in [0.2, 0.25) is 5.02 Å². The highest BCUT2D eigenvalue weighted by molar-refractivity contribution is 6.31. The zero-order valence-corrected chi connectivity index (χ0v) is 13.9. The lowest BCUT2D eigenvalue weighted by Gasteiger charge is -2.13. The summed E-state index contributed by atoms with van der Waals surface area (Å²) >= 11 is 5.93. The number of rotatable bonds is 6. The molecule has 2 rings (SSSR count). The first kappa shape index (κ1) is 18.7. The van der Waals surface area contributed by atoms with Gasteiger partial charge in [0.25, 0.3) is 5.91 Å². The van der Waals surface area contributed by atoms with Gasteiger partial charge in [0, 0.05) is 23.9 Å². The highest BCUT2D eigenvalue weighted by atomic mass is 35.5. The number of anilines is 2. The van der Waals surface area contributed by atoms with E-state index >= 15 is 0 Å². The molecule has 2 aromatic carbocycles. The fourth-order valence-electron chi connectivity index (χ4n) is 2.04. The smallest absolute Gasteiger partial charge is 0.323 e. The second kappa shape index (κ2) is 9.00. The predicted molar refractivity (Wildman–Crippen MR) is 94.5 cm³/mol. The minimum atomic E-state index is -0.641. The van der Waals surface area contributed by atoms with E-state index in [9.17, 15) is 14.0 Å². The Morgan fingerprint density at radius 1 is 1.12 bits per heavy atom. The molecule has 0 fully saturated rings. The number of nitrogens with one attached hydrogen (secondary N) is 3. The maximum Gasteiger partial charge on any atom is 0.323 e. The van der Waals surface area contributed by atoms with Crippen molar-refractivity contribution in [3.8, 4) is 0 Å². The molecule has 3 amide bonds. The lowest BCUT2D eigenvalue weighted by molar-refractivity contribution is 0.0952. The Labute approximate surface area is 149 Å². The van der Waals surface area contributed by atoms with Crippen molar-refractivity contribution >= 4 is 34.9 Å². The zero-order chi connectivity index (χ0) is 18.2. The molecule has 0 saturated heterocycles. The summed E-state index contributed by atoms with van der Waals surface area (Å²) in [6, 6.07) is 9.22. The molecule has 132 valence electrons. The molecule has 4 N–H and O–H groups in total. The number of halogens is 2. The molecule has 0 radical (unpaired) electrons. The number of amides is 3. The van der Waals surface area contributed by atoms with Gasteiger partial charge in [-0.1, -0.05) is 17.7 Å². The topological polar surface area (TPSA) is 90.5 Å². The van der Waals surface area contributed by atoms with Gasteiger partial charge in [-0.25, -0.2) is 9.18 Å². The number of aliphatic hydroxyl groups excluding tert-OH is 1. The van der Waals surface area contributed by atoms with Crippen LogP contribution >= 0.6 is 11.6 Å². The molecule has 0 aliphatic carbocycles. The van der Waals surface area contributed by atoms with Crippen LogP contribution in [-0.4, -0.2) is 30.2 Å². The summed E-state index contributed by atoms with van der Waals surface area (Å²) in [4.78, 5) is 24.3. The van der Waals surface area contributed by atoms with Gasteiger partial charge in [-0.05, 0) is 42.8 Å². The highest BCUT2D eigenvalue weighted by Crippen LogP contribution is 2.21. The molecule has 0 unspecified atom stereocenters. The van der Waals surface area contributed by atoms with Gasteiger partial charge in [-0.2, -0.15) is 0 Å². The summed E-state index contributed by atoms with van der Waals surface area (Å²) in [5.74, 6) is -0.893. The summed E-state index contributed by atoms with van der Waals surface area (Å²) < 4.78 is 13.2. The van der Waals surface area contributed by atoms with Gasteiger partial charge in [0.1, 0.15) is 5.82 Å². The lowest BCUT2D eigenvalue weighted by atomic mass is 10.1. The fourth-order valence-corrected chi connectivity index (χ4v) is 2.22. The number of hydrogen-bond donors (Lipinski definition) is 4. The predicted octanol–water partition coefficient (Wildman–Crippen LogP) is 3.24. The number of carbonyl (C=O) groups excluding carboxylic acids is 2. The second-order valence-electron chi connectivity index (χ2n) is 5.11. The van der Waals surface area contributed by atoms with Gasteiger partial charge in [-0.3, -0.25) is 4.79 Å². The Morgan fingerprint density at radius 3 is 2.64 bits per heavy atom. The van der Waals surface area contributed by atoms with Gasteiger partial charge in [0.15, 0.2) is 0 Å². The first-order valence-corrected chi connectivity index (χ1v) is 7.89. The van der Waals surface area contributed by atoms with E-state index < -0.39 is 17.8 Å². The number of carbonyl (C=O) groups is 2. The minimum Gasteiger partial charge on any atom is -0.396 e. The number of benzene rings is 2. The molecule has 0 heterocycles. The summed E-state index contributed by atoms with van der Waals surface area (Å²) in [7, 11) is 0. The Kier molecular flexibility index (Phi) is 6.73. The second-order valence-corrected chi connectivity index (χ2v) is 5.55. The van der Waals surface area contributed by atoms with Crippen LogP contribution in [-0.2, 0) is 0 Å². The fraction of sp³-hybridized carbons (Fsp3) is 0.176. The largest absolute Gasteiger partial charge is 0.396 e. The minimum absolute atomic E-state index is 0.0396. The van der Waals surface area contributed by atoms with E-state index in [1.165, 1.54) is 42.5 Å². The van der Waals surface area contributed by atoms with Crippen LogP contribution in [0.1, 0.15) is 16.8 Å². The van der Waals surface area contributed by atoms with E-state index in [-0.39, 0.29) is 23.5 Å². The maximum atomic E-state index is 13.2. The van der Waals surface area contributed by atoms with Crippen molar-refractivity contribution in [2.75, 3.05) is 23.8 Å². The number of hydrogen-bond acceptors (Lipinski definition) is 3. The molecule has 0 atom stereocenters. The molecule has 0 aliphatic rings. The van der Waals surface area contributed by atoms with Crippen molar-refractivity contribution in [3.05, 3.63) is 58.9 Å². The maximum absolute atomic E-state index is 13.2. The highest BCUT2D eigenvalue weighted by Gasteiger charge is 2.14. The average Bonchev–Trinajstić information content (AvgIpc) is 2.55. The Morgan fingerprint density at radius 2 is 1.92 bits per heavy atom. The van der Waals surface area contributed by atoms with Crippen LogP contribution in [0.25, 0.3) is 0 Å². The quantitative estimate of drug-likeness (QED) is 0.592. The van der Waals surface area contributed by atoms with E-state index in [0.717, 1.165) is 0 Å². The molecule has 0 aromatic heterocycles. The normalized spacial score (nSPS) is 10.2. The van der Waals surface area contributed by atoms with E-state index in [4.69, 9.17) is 16.7 Å². The van der Waals surface area contributed by atoms with Crippen LogP contribution in [0.15, 0.2) is 42.5 Å². The molecule has 0 bridgehead atoms. The van der Waals surface area contributed by atoms with E-state index in [2.05, 4.69) is 16.0 Å². The molecule has 0 spiro atoms. The summed E-state index contributed by atoms with van der Waals surface area (Å²) in [6.45, 7) is 0.259. The summed E-state index contributed by atoms with van der Waals surface area (Å²) in [6.07, 6.45) is 0.419. The zero-order valence-electron chi connectivity index (χ0n) is 13.2. The van der Waals surface area contributed by atoms with Crippen LogP contribution in [0.4, 0.5) is 20.6 Å². The SMILES string of the molecule is O=C(Nc1cccc(F)c1)Nc1cc(Cl)ccc1C(=O)NCCCO. The van der Waals surface area contributed by atoms with Crippen molar-refractivity contribution in [1.29, 1.82) is 0 Å². The molecule has 25 heavy (non-hydrogen) atoms. The Bertz CT molecular complexity index is 771. The third-order valence-electron chi connectivity index (χ3n) is 3.18. The van der Waals surface area contributed by atoms with Crippen molar-refractivity contribution in [1.82, 2.24) is 5.32 Å². The van der Waals surface area contributed by atoms with Gasteiger partial charge in [0.2, 0.25) is 0 Å². The molecular formula is C17H17ClFN3O3. The van der Waals surface area contributed by atoms with E-state index in [0.29, 0.717) is 18.0 Å². The lowest BCUT2D eigenvalue weighted by Crippen LogP contribution is -2.27. The molecule has 0 aliphatic heterocycles. The average molecular weight is 366 g/mol. The number of urea groups is 1. The van der Waals surface area contributed by atoms with Crippen LogP contribution < -0.4 is 16.0 Å². The number of aliphatic hydroxyl groups is 1. The van der Waals surface area contributed by atoms with Gasteiger partial charge >= 0.3 is 6.03 Å². The summed E-state index contributed by atoms with van der Waals surface area (Å²) in [5.41, 5.74) is 0.702. The van der Waals surface area contributed by atoms with Gasteiger partial charge in [-0.15, -0.1) is 0 Å². The first-order chi connectivity index (χ1) is 12.0. The van der Waals surface area contributed by atoms with Crippen molar-refractivity contribution < 1.29 is 19.1 Å². The van der Waals surface area contributed by atoms with E-state index in [1.54, 1.807) is 0 Å². The third kappa shape index (κ3) is 5.74. The van der Waals surface area contributed by atoms with Gasteiger partial charge in [0.05, 0.1) is 11.3 Å². The Balaban J connectivity index is 2.10. The third-order valence-corrected chi connectivity index (χ3v) is 3.41. The molecule has 6 nitrogen and oxygen atoms in total. The van der Waals surface area contributed by atoms with Crippen molar-refractivity contribution in [3.63, 3.8) is 0 Å².